The van der Waals surface area contributed by atoms with Crippen molar-refractivity contribution in [2.24, 2.45) is 5.73 Å². The second-order valence-electron chi connectivity index (χ2n) is 7.04. The Balaban J connectivity index is 1.65. The number of aromatic nitrogens is 3. The number of nitrogens with zero attached hydrogens (tertiary/aromatic N) is 4. The summed E-state index contributed by atoms with van der Waals surface area (Å²) >= 11 is 0. The lowest BCUT2D eigenvalue weighted by Crippen LogP contribution is -2.36. The first-order valence-corrected chi connectivity index (χ1v) is 9.18. The van der Waals surface area contributed by atoms with Crippen LogP contribution in [0.3, 0.4) is 0 Å². The van der Waals surface area contributed by atoms with Gasteiger partial charge in [-0.2, -0.15) is 0 Å². The van der Waals surface area contributed by atoms with Crippen molar-refractivity contribution in [2.75, 3.05) is 13.1 Å². The molecule has 124 valence electrons. The molecule has 5 nitrogen and oxygen atoms in total. The molecule has 1 aliphatic carbocycles. The Bertz CT molecular complexity index is 454. The Hall–Kier alpha value is -0.940. The Morgan fingerprint density at radius 1 is 1.00 bits per heavy atom. The van der Waals surface area contributed by atoms with Gasteiger partial charge >= 0.3 is 0 Å². The summed E-state index contributed by atoms with van der Waals surface area (Å²) in [5.74, 6) is 2.85. The van der Waals surface area contributed by atoms with Crippen LogP contribution in [0.5, 0.6) is 0 Å². The topological polar surface area (TPSA) is 60.0 Å². The molecule has 0 bridgehead atoms. The molecule has 0 radical (unpaired) electrons. The van der Waals surface area contributed by atoms with Crippen molar-refractivity contribution in [3.63, 3.8) is 0 Å². The summed E-state index contributed by atoms with van der Waals surface area (Å²) in [7, 11) is 0. The zero-order valence-corrected chi connectivity index (χ0v) is 14.0. The van der Waals surface area contributed by atoms with Crippen molar-refractivity contribution in [2.45, 2.75) is 83.3 Å². The molecule has 0 unspecified atom stereocenters. The van der Waals surface area contributed by atoms with Crippen molar-refractivity contribution >= 4 is 0 Å². The second kappa shape index (κ2) is 7.55. The zero-order valence-electron chi connectivity index (χ0n) is 14.0. The van der Waals surface area contributed by atoms with Gasteiger partial charge in [-0.15, -0.1) is 10.2 Å². The summed E-state index contributed by atoms with van der Waals surface area (Å²) in [6.07, 6.45) is 10.4. The van der Waals surface area contributed by atoms with E-state index in [9.17, 15) is 0 Å². The van der Waals surface area contributed by atoms with Gasteiger partial charge in [0.2, 0.25) is 0 Å². The highest BCUT2D eigenvalue weighted by Gasteiger charge is 2.32. The average Bonchev–Trinajstić information content (AvgIpc) is 2.92. The van der Waals surface area contributed by atoms with Crippen LogP contribution in [0.25, 0.3) is 0 Å². The Morgan fingerprint density at radius 2 is 1.64 bits per heavy atom. The highest BCUT2D eigenvalue weighted by molar-refractivity contribution is 5.08. The van der Waals surface area contributed by atoms with Gasteiger partial charge in [0.05, 0.1) is 6.54 Å². The van der Waals surface area contributed by atoms with E-state index in [0.29, 0.717) is 12.0 Å². The van der Waals surface area contributed by atoms with E-state index in [2.05, 4.69) is 26.6 Å². The molecular formula is C17H31N5. The number of hydrogen-bond donors (Lipinski definition) is 1. The molecule has 2 N–H and O–H groups in total. The predicted molar refractivity (Wildman–Crippen MR) is 88.6 cm³/mol. The van der Waals surface area contributed by atoms with E-state index in [-0.39, 0.29) is 0 Å². The van der Waals surface area contributed by atoms with Crippen LogP contribution in [0, 0.1) is 0 Å². The smallest absolute Gasteiger partial charge is 0.147 e. The van der Waals surface area contributed by atoms with Crippen LogP contribution in [0.2, 0.25) is 0 Å². The lowest BCUT2D eigenvalue weighted by Gasteiger charge is -2.31. The summed E-state index contributed by atoms with van der Waals surface area (Å²) < 4.78 is 2.34. The van der Waals surface area contributed by atoms with Gasteiger partial charge in [0.15, 0.2) is 0 Å². The molecule has 0 atom stereocenters. The highest BCUT2D eigenvalue weighted by Crippen LogP contribution is 2.34. The first kappa shape index (κ1) is 15.9. The monoisotopic (exact) mass is 305 g/mol. The van der Waals surface area contributed by atoms with Crippen LogP contribution < -0.4 is 5.73 Å². The predicted octanol–water partition coefficient (Wildman–Crippen LogP) is 2.66. The fourth-order valence-corrected chi connectivity index (χ4v) is 3.83. The van der Waals surface area contributed by atoms with Gasteiger partial charge in [0.25, 0.3) is 0 Å². The Kier molecular flexibility index (Phi) is 5.47. The molecule has 3 rings (SSSR count). The molecular weight excluding hydrogens is 274 g/mol. The van der Waals surface area contributed by atoms with E-state index in [4.69, 9.17) is 5.73 Å². The first-order chi connectivity index (χ1) is 10.8. The molecule has 2 aliphatic rings. The van der Waals surface area contributed by atoms with Crippen LogP contribution in [-0.4, -0.2) is 38.8 Å². The number of nitrogens with two attached hydrogens (primary N) is 1. The summed E-state index contributed by atoms with van der Waals surface area (Å²) in [5, 5.41) is 9.02. The minimum Gasteiger partial charge on any atom is -0.328 e. The third kappa shape index (κ3) is 3.69. The fraction of sp³-hybridized carbons (Fsp3) is 0.882. The van der Waals surface area contributed by atoms with Crippen molar-refractivity contribution in [1.82, 2.24) is 19.7 Å². The van der Waals surface area contributed by atoms with Crippen LogP contribution in [0.1, 0.15) is 75.9 Å². The van der Waals surface area contributed by atoms with E-state index in [1.165, 1.54) is 57.4 Å². The van der Waals surface area contributed by atoms with Gasteiger partial charge in [-0.05, 0) is 45.7 Å². The quantitative estimate of drug-likeness (QED) is 0.929. The lowest BCUT2D eigenvalue weighted by atomic mass is 9.80. The standard InChI is InChI=1S/C17H31N5/c1-2-22-16(19-20-17(22)14-11-15(18)12-14)13-21-9-7-5-3-4-6-8-10-21/h14-15H,2-13,18H2,1H3. The van der Waals surface area contributed by atoms with Gasteiger partial charge < -0.3 is 10.3 Å². The first-order valence-electron chi connectivity index (χ1n) is 9.18. The minimum atomic E-state index is 0.369. The molecule has 1 aliphatic heterocycles. The highest BCUT2D eigenvalue weighted by atomic mass is 15.3. The molecule has 22 heavy (non-hydrogen) atoms. The second-order valence-corrected chi connectivity index (χ2v) is 7.04. The summed E-state index contributed by atoms with van der Waals surface area (Å²) in [6, 6.07) is 0.369. The Morgan fingerprint density at radius 3 is 2.23 bits per heavy atom. The van der Waals surface area contributed by atoms with Gasteiger partial charge in [-0.25, -0.2) is 0 Å². The molecule has 0 aromatic carbocycles. The van der Waals surface area contributed by atoms with Crippen molar-refractivity contribution < 1.29 is 0 Å². The van der Waals surface area contributed by atoms with E-state index in [0.717, 1.165) is 31.8 Å². The average molecular weight is 305 g/mol. The van der Waals surface area contributed by atoms with E-state index < -0.39 is 0 Å². The minimum absolute atomic E-state index is 0.369. The van der Waals surface area contributed by atoms with Crippen LogP contribution in [-0.2, 0) is 13.1 Å². The summed E-state index contributed by atoms with van der Waals surface area (Å²) in [6.45, 7) is 6.55. The molecule has 1 saturated heterocycles. The molecule has 0 spiro atoms. The molecule has 2 fully saturated rings. The maximum Gasteiger partial charge on any atom is 0.147 e. The molecule has 5 heteroatoms. The van der Waals surface area contributed by atoms with Crippen molar-refractivity contribution in [3.8, 4) is 0 Å². The molecule has 2 heterocycles. The number of hydrogen-bond acceptors (Lipinski definition) is 4. The van der Waals surface area contributed by atoms with E-state index in [1.54, 1.807) is 0 Å². The summed E-state index contributed by atoms with van der Waals surface area (Å²) in [4.78, 5) is 2.58. The van der Waals surface area contributed by atoms with Crippen LogP contribution in [0.15, 0.2) is 0 Å². The zero-order chi connectivity index (χ0) is 15.4. The molecule has 0 amide bonds. The van der Waals surface area contributed by atoms with E-state index >= 15 is 0 Å². The van der Waals surface area contributed by atoms with Crippen molar-refractivity contribution in [1.29, 1.82) is 0 Å². The third-order valence-corrected chi connectivity index (χ3v) is 5.28. The van der Waals surface area contributed by atoms with Gasteiger partial charge in [0, 0.05) is 18.5 Å². The maximum absolute atomic E-state index is 5.94. The molecule has 1 aromatic rings. The largest absolute Gasteiger partial charge is 0.328 e. The SMILES string of the molecule is CCn1c(CN2CCCCCCCC2)nnc1C1CC(N)C1. The van der Waals surface area contributed by atoms with Gasteiger partial charge in [-0.3, -0.25) is 4.90 Å². The molecule has 1 aromatic heterocycles. The lowest BCUT2D eigenvalue weighted by molar-refractivity contribution is 0.249. The summed E-state index contributed by atoms with van der Waals surface area (Å²) in [5.41, 5.74) is 5.94. The molecule has 1 saturated carbocycles. The number of rotatable bonds is 4. The normalized spacial score (nSPS) is 27.7. The van der Waals surface area contributed by atoms with Gasteiger partial charge in [0.1, 0.15) is 11.6 Å². The maximum atomic E-state index is 5.94. The van der Waals surface area contributed by atoms with Crippen LogP contribution in [0.4, 0.5) is 0 Å². The van der Waals surface area contributed by atoms with Gasteiger partial charge in [-0.1, -0.05) is 25.7 Å². The van der Waals surface area contributed by atoms with E-state index in [1.807, 2.05) is 0 Å². The van der Waals surface area contributed by atoms with Crippen molar-refractivity contribution in [3.05, 3.63) is 11.6 Å². The third-order valence-electron chi connectivity index (χ3n) is 5.28. The Labute approximate surface area is 134 Å². The fourth-order valence-electron chi connectivity index (χ4n) is 3.83. The van der Waals surface area contributed by atoms with Crippen LogP contribution >= 0.6 is 0 Å².